The maximum absolute atomic E-state index is 12.3. The molecule has 2 amide bonds. The van der Waals surface area contributed by atoms with Crippen LogP contribution in [0.3, 0.4) is 0 Å². The van der Waals surface area contributed by atoms with Crippen LogP contribution < -0.4 is 19.7 Å². The number of carbonyl (C=O) groups is 2. The maximum Gasteiger partial charge on any atom is 0.227 e. The smallest absolute Gasteiger partial charge is 0.227 e. The van der Waals surface area contributed by atoms with Gasteiger partial charge in [-0.1, -0.05) is 24.3 Å². The Kier molecular flexibility index (Phi) is 6.30. The summed E-state index contributed by atoms with van der Waals surface area (Å²) in [5, 5.41) is 2.89. The van der Waals surface area contributed by atoms with Crippen molar-refractivity contribution < 1.29 is 19.1 Å². The van der Waals surface area contributed by atoms with Gasteiger partial charge in [0.25, 0.3) is 0 Å². The molecular formula is C21H24N2O4. The number of carbonyl (C=O) groups excluding carboxylic acids is 2. The summed E-state index contributed by atoms with van der Waals surface area (Å²) in [5.41, 5.74) is 1.39. The Morgan fingerprint density at radius 2 is 1.78 bits per heavy atom. The highest BCUT2D eigenvalue weighted by molar-refractivity contribution is 6.02. The van der Waals surface area contributed by atoms with Gasteiger partial charge in [0, 0.05) is 13.0 Å². The van der Waals surface area contributed by atoms with Crippen LogP contribution in [0.15, 0.2) is 48.5 Å². The Bertz CT molecular complexity index is 806. The van der Waals surface area contributed by atoms with E-state index in [-0.39, 0.29) is 24.8 Å². The minimum absolute atomic E-state index is 0.0903. The van der Waals surface area contributed by atoms with Gasteiger partial charge in [0.1, 0.15) is 0 Å². The highest BCUT2D eigenvalue weighted by atomic mass is 16.5. The van der Waals surface area contributed by atoms with Gasteiger partial charge in [0.2, 0.25) is 11.8 Å². The van der Waals surface area contributed by atoms with Crippen LogP contribution >= 0.6 is 0 Å². The number of hydrogen-bond donors (Lipinski definition) is 1. The predicted octanol–water partition coefficient (Wildman–Crippen LogP) is 3.62. The SMILES string of the molecule is CCOc1ccccc1OCCC(=O)Nc1ccccc1N1CCCC1=O. The number of rotatable bonds is 8. The Labute approximate surface area is 159 Å². The van der Waals surface area contributed by atoms with Gasteiger partial charge < -0.3 is 19.7 Å². The van der Waals surface area contributed by atoms with Crippen molar-refractivity contribution in [1.82, 2.24) is 0 Å². The van der Waals surface area contributed by atoms with Crippen LogP contribution in [0.5, 0.6) is 11.5 Å². The quantitative estimate of drug-likeness (QED) is 0.773. The maximum atomic E-state index is 12.3. The molecule has 142 valence electrons. The third-order valence-electron chi connectivity index (χ3n) is 4.28. The number of ether oxygens (including phenoxy) is 2. The summed E-state index contributed by atoms with van der Waals surface area (Å²) in [6.07, 6.45) is 1.59. The van der Waals surface area contributed by atoms with E-state index in [1.54, 1.807) is 4.90 Å². The van der Waals surface area contributed by atoms with Gasteiger partial charge >= 0.3 is 0 Å². The molecule has 0 aliphatic carbocycles. The van der Waals surface area contributed by atoms with Crippen molar-refractivity contribution in [1.29, 1.82) is 0 Å². The van der Waals surface area contributed by atoms with E-state index >= 15 is 0 Å². The second-order valence-electron chi connectivity index (χ2n) is 6.19. The lowest BCUT2D eigenvalue weighted by molar-refractivity contribution is -0.117. The lowest BCUT2D eigenvalue weighted by Gasteiger charge is -2.20. The zero-order valence-corrected chi connectivity index (χ0v) is 15.4. The fourth-order valence-electron chi connectivity index (χ4n) is 3.03. The second kappa shape index (κ2) is 9.07. The van der Waals surface area contributed by atoms with Crippen molar-refractivity contribution in [2.24, 2.45) is 0 Å². The molecule has 0 bridgehead atoms. The fraction of sp³-hybridized carbons (Fsp3) is 0.333. The molecule has 0 aromatic heterocycles. The van der Waals surface area contributed by atoms with E-state index in [9.17, 15) is 9.59 Å². The van der Waals surface area contributed by atoms with Crippen LogP contribution in [0.1, 0.15) is 26.2 Å². The van der Waals surface area contributed by atoms with E-state index < -0.39 is 0 Å². The zero-order valence-electron chi connectivity index (χ0n) is 15.4. The van der Waals surface area contributed by atoms with Crippen molar-refractivity contribution >= 4 is 23.2 Å². The molecule has 2 aromatic rings. The molecule has 1 aliphatic heterocycles. The van der Waals surface area contributed by atoms with Crippen molar-refractivity contribution in [3.63, 3.8) is 0 Å². The first-order valence-electron chi connectivity index (χ1n) is 9.23. The normalized spacial score (nSPS) is 13.5. The van der Waals surface area contributed by atoms with E-state index in [1.165, 1.54) is 0 Å². The van der Waals surface area contributed by atoms with Gasteiger partial charge in [-0.2, -0.15) is 0 Å². The Morgan fingerprint density at radius 3 is 2.48 bits per heavy atom. The number of hydrogen-bond acceptors (Lipinski definition) is 4. The summed E-state index contributed by atoms with van der Waals surface area (Å²) in [7, 11) is 0. The number of nitrogens with one attached hydrogen (secondary N) is 1. The summed E-state index contributed by atoms with van der Waals surface area (Å²) in [4.78, 5) is 26.1. The number of nitrogens with zero attached hydrogens (tertiary/aromatic N) is 1. The first-order valence-corrected chi connectivity index (χ1v) is 9.23. The topological polar surface area (TPSA) is 67.9 Å². The van der Waals surface area contributed by atoms with Crippen LogP contribution in [0, 0.1) is 0 Å². The predicted molar refractivity (Wildman–Crippen MR) is 104 cm³/mol. The molecule has 6 nitrogen and oxygen atoms in total. The van der Waals surface area contributed by atoms with Crippen molar-refractivity contribution in [3.05, 3.63) is 48.5 Å². The molecule has 1 N–H and O–H groups in total. The third kappa shape index (κ3) is 4.78. The average molecular weight is 368 g/mol. The van der Waals surface area contributed by atoms with E-state index in [2.05, 4.69) is 5.32 Å². The van der Waals surface area contributed by atoms with Gasteiger partial charge in [-0.15, -0.1) is 0 Å². The number of benzene rings is 2. The molecule has 27 heavy (non-hydrogen) atoms. The molecule has 2 aromatic carbocycles. The Morgan fingerprint density at radius 1 is 1.07 bits per heavy atom. The van der Waals surface area contributed by atoms with E-state index in [0.29, 0.717) is 36.8 Å². The highest BCUT2D eigenvalue weighted by Crippen LogP contribution is 2.29. The van der Waals surface area contributed by atoms with Gasteiger partial charge in [0.15, 0.2) is 11.5 Å². The van der Waals surface area contributed by atoms with Crippen LogP contribution in [0.2, 0.25) is 0 Å². The van der Waals surface area contributed by atoms with E-state index in [4.69, 9.17) is 9.47 Å². The van der Waals surface area contributed by atoms with E-state index in [0.717, 1.165) is 12.1 Å². The van der Waals surface area contributed by atoms with Crippen LogP contribution in [-0.4, -0.2) is 31.6 Å². The lowest BCUT2D eigenvalue weighted by Crippen LogP contribution is -2.25. The second-order valence-corrected chi connectivity index (χ2v) is 6.19. The molecule has 0 saturated carbocycles. The highest BCUT2D eigenvalue weighted by Gasteiger charge is 2.24. The first-order chi connectivity index (χ1) is 13.2. The van der Waals surface area contributed by atoms with Crippen molar-refractivity contribution in [2.75, 3.05) is 30.0 Å². The van der Waals surface area contributed by atoms with Gasteiger partial charge in [0.05, 0.1) is 31.0 Å². The Balaban J connectivity index is 1.57. The average Bonchev–Trinajstić information content (AvgIpc) is 3.09. The number of para-hydroxylation sites is 4. The van der Waals surface area contributed by atoms with Crippen molar-refractivity contribution in [2.45, 2.75) is 26.2 Å². The molecule has 1 heterocycles. The standard InChI is InChI=1S/C21H24N2O4/c1-2-26-18-10-5-6-11-19(18)27-15-13-20(24)22-16-8-3-4-9-17(16)23-14-7-12-21(23)25/h3-6,8-11H,2,7,12-15H2,1H3,(H,22,24). The minimum Gasteiger partial charge on any atom is -0.490 e. The van der Waals surface area contributed by atoms with Gasteiger partial charge in [-0.05, 0) is 37.6 Å². The summed E-state index contributed by atoms with van der Waals surface area (Å²) >= 11 is 0. The first kappa shape index (κ1) is 18.8. The molecule has 0 unspecified atom stereocenters. The molecule has 1 fully saturated rings. The Hall–Kier alpha value is -3.02. The molecule has 3 rings (SSSR count). The number of anilines is 2. The minimum atomic E-state index is -0.164. The molecule has 1 saturated heterocycles. The third-order valence-corrected chi connectivity index (χ3v) is 4.28. The van der Waals surface area contributed by atoms with Crippen LogP contribution in [0.4, 0.5) is 11.4 Å². The monoisotopic (exact) mass is 368 g/mol. The molecule has 6 heteroatoms. The van der Waals surface area contributed by atoms with Gasteiger partial charge in [-0.3, -0.25) is 9.59 Å². The molecule has 1 aliphatic rings. The summed E-state index contributed by atoms with van der Waals surface area (Å²) in [6, 6.07) is 14.8. The summed E-state index contributed by atoms with van der Waals surface area (Å²) < 4.78 is 11.2. The molecule has 0 atom stereocenters. The lowest BCUT2D eigenvalue weighted by atomic mass is 10.2. The van der Waals surface area contributed by atoms with Crippen LogP contribution in [-0.2, 0) is 9.59 Å². The fourth-order valence-corrected chi connectivity index (χ4v) is 3.03. The molecule has 0 spiro atoms. The van der Waals surface area contributed by atoms with Gasteiger partial charge in [-0.25, -0.2) is 0 Å². The summed E-state index contributed by atoms with van der Waals surface area (Å²) in [6.45, 7) is 3.38. The van der Waals surface area contributed by atoms with Crippen LogP contribution in [0.25, 0.3) is 0 Å². The van der Waals surface area contributed by atoms with Crippen molar-refractivity contribution in [3.8, 4) is 11.5 Å². The summed E-state index contributed by atoms with van der Waals surface area (Å²) in [5.74, 6) is 1.21. The largest absolute Gasteiger partial charge is 0.490 e. The molecule has 0 radical (unpaired) electrons. The van der Waals surface area contributed by atoms with E-state index in [1.807, 2.05) is 55.5 Å². The number of amides is 2. The zero-order chi connectivity index (χ0) is 19.1. The molecular weight excluding hydrogens is 344 g/mol.